The minimum absolute atomic E-state index is 0.394. The average Bonchev–Trinajstić information content (AvgIpc) is 2.54. The number of carboxylic acid groups (broad SMARTS) is 1. The summed E-state index contributed by atoms with van der Waals surface area (Å²) in [5.74, 6) is 3.95. The predicted octanol–water partition coefficient (Wildman–Crippen LogP) is 4.84. The molecule has 2 rings (SSSR count). The Labute approximate surface area is 150 Å². The molecule has 3 nitrogen and oxygen atoms in total. The number of hydrogen-bond acceptors (Lipinski definition) is 2. The van der Waals surface area contributed by atoms with Gasteiger partial charge in [-0.2, -0.15) is 0 Å². The summed E-state index contributed by atoms with van der Waals surface area (Å²) in [6.07, 6.45) is 0. The summed E-state index contributed by atoms with van der Waals surface area (Å²) < 4.78 is 0. The van der Waals surface area contributed by atoms with Gasteiger partial charge in [0.25, 0.3) is 0 Å². The number of aliphatic carboxylic acids is 1. The van der Waals surface area contributed by atoms with Crippen molar-refractivity contribution in [2.24, 2.45) is 0 Å². The van der Waals surface area contributed by atoms with E-state index < -0.39 is 5.97 Å². The Morgan fingerprint density at radius 1 is 0.960 bits per heavy atom. The van der Waals surface area contributed by atoms with Crippen LogP contribution in [0.3, 0.4) is 0 Å². The van der Waals surface area contributed by atoms with Crippen molar-refractivity contribution in [2.45, 2.75) is 47.6 Å². The van der Waals surface area contributed by atoms with E-state index in [9.17, 15) is 4.79 Å². The van der Waals surface area contributed by atoms with Crippen LogP contribution in [0.15, 0.2) is 24.3 Å². The van der Waals surface area contributed by atoms with Crippen LogP contribution in [0.4, 0.5) is 5.69 Å². The van der Waals surface area contributed by atoms with E-state index in [1.807, 2.05) is 13.8 Å². The van der Waals surface area contributed by atoms with E-state index >= 15 is 0 Å². The minimum atomic E-state index is -1.11. The maximum Gasteiger partial charge on any atom is 0.382 e. The van der Waals surface area contributed by atoms with Gasteiger partial charge in [-0.25, -0.2) is 4.79 Å². The van der Waals surface area contributed by atoms with Gasteiger partial charge in [0, 0.05) is 23.2 Å². The van der Waals surface area contributed by atoms with Crippen molar-refractivity contribution in [3.63, 3.8) is 0 Å². The van der Waals surface area contributed by atoms with E-state index in [1.165, 1.54) is 5.56 Å². The Kier molecular flexibility index (Phi) is 5.54. The molecule has 0 aromatic heterocycles. The molecule has 0 atom stereocenters. The third-order valence-electron chi connectivity index (χ3n) is 4.55. The van der Waals surface area contributed by atoms with Gasteiger partial charge in [0.1, 0.15) is 0 Å². The van der Waals surface area contributed by atoms with Crippen LogP contribution in [0.25, 0.3) is 11.1 Å². The number of carbonyl (C=O) groups is 1. The number of hydrogen-bond donors (Lipinski definition) is 2. The second-order valence-electron chi connectivity index (χ2n) is 6.68. The van der Waals surface area contributed by atoms with E-state index in [-0.39, 0.29) is 0 Å². The number of rotatable bonds is 3. The number of benzene rings is 2. The van der Waals surface area contributed by atoms with Gasteiger partial charge in [0.15, 0.2) is 0 Å². The molecular weight excluding hydrogens is 310 g/mol. The summed E-state index contributed by atoms with van der Waals surface area (Å²) >= 11 is 0. The Bertz CT molecular complexity index is 837. The van der Waals surface area contributed by atoms with Gasteiger partial charge in [0.05, 0.1) is 0 Å². The lowest BCUT2D eigenvalue weighted by Crippen LogP contribution is -2.09. The largest absolute Gasteiger partial charge is 0.472 e. The standard InChI is InChI=1S/C22H25NO2/c1-13(2)23-19-9-7-18(8-10-19)22-16(5)14(3)20(11-12-21(24)25)15(4)17(22)6/h7-10,13,23H,1-6H3,(H,24,25). The van der Waals surface area contributed by atoms with Crippen LogP contribution >= 0.6 is 0 Å². The highest BCUT2D eigenvalue weighted by Gasteiger charge is 2.15. The maximum absolute atomic E-state index is 10.8. The molecule has 25 heavy (non-hydrogen) atoms. The molecule has 2 aromatic carbocycles. The van der Waals surface area contributed by atoms with Gasteiger partial charge in [-0.05, 0) is 87.1 Å². The molecule has 0 fully saturated rings. The summed E-state index contributed by atoms with van der Waals surface area (Å²) in [6.45, 7) is 12.4. The molecule has 0 aliphatic carbocycles. The fourth-order valence-electron chi connectivity index (χ4n) is 3.12. The molecular formula is C22H25NO2. The van der Waals surface area contributed by atoms with Crippen LogP contribution in [0.1, 0.15) is 41.7 Å². The van der Waals surface area contributed by atoms with E-state index in [0.717, 1.165) is 39.1 Å². The average molecular weight is 335 g/mol. The normalized spacial score (nSPS) is 10.4. The van der Waals surface area contributed by atoms with E-state index in [0.29, 0.717) is 6.04 Å². The number of carboxylic acids is 1. The summed E-state index contributed by atoms with van der Waals surface area (Å²) in [7, 11) is 0. The SMILES string of the molecule is Cc1c(C)c(-c2ccc(NC(C)C)cc2)c(C)c(C)c1C#CC(=O)O. The zero-order chi connectivity index (χ0) is 18.7. The van der Waals surface area contributed by atoms with Crippen LogP contribution < -0.4 is 5.32 Å². The summed E-state index contributed by atoms with van der Waals surface area (Å²) in [4.78, 5) is 10.8. The van der Waals surface area contributed by atoms with Gasteiger partial charge in [0.2, 0.25) is 0 Å². The van der Waals surface area contributed by atoms with E-state index in [4.69, 9.17) is 5.11 Å². The van der Waals surface area contributed by atoms with Crippen LogP contribution in [0, 0.1) is 39.5 Å². The Morgan fingerprint density at radius 2 is 1.48 bits per heavy atom. The molecule has 130 valence electrons. The Hall–Kier alpha value is -2.73. The van der Waals surface area contributed by atoms with E-state index in [1.54, 1.807) is 0 Å². The first-order valence-electron chi connectivity index (χ1n) is 8.44. The van der Waals surface area contributed by atoms with Crippen LogP contribution in [-0.4, -0.2) is 17.1 Å². The zero-order valence-electron chi connectivity index (χ0n) is 15.7. The molecule has 0 unspecified atom stereocenters. The first-order valence-corrected chi connectivity index (χ1v) is 8.44. The molecule has 0 amide bonds. The third-order valence-corrected chi connectivity index (χ3v) is 4.55. The van der Waals surface area contributed by atoms with Crippen LogP contribution in [0.2, 0.25) is 0 Å². The van der Waals surface area contributed by atoms with Crippen molar-refractivity contribution in [2.75, 3.05) is 5.32 Å². The molecule has 0 aliphatic rings. The summed E-state index contributed by atoms with van der Waals surface area (Å²) in [6, 6.07) is 8.84. The van der Waals surface area contributed by atoms with Gasteiger partial charge >= 0.3 is 5.97 Å². The quantitative estimate of drug-likeness (QED) is 0.789. The zero-order valence-corrected chi connectivity index (χ0v) is 15.7. The van der Waals surface area contributed by atoms with Crippen LogP contribution in [0.5, 0.6) is 0 Å². The van der Waals surface area contributed by atoms with Crippen molar-refractivity contribution in [1.82, 2.24) is 0 Å². The lowest BCUT2D eigenvalue weighted by molar-refractivity contribution is -0.130. The molecule has 0 heterocycles. The molecule has 0 saturated carbocycles. The molecule has 2 N–H and O–H groups in total. The third kappa shape index (κ3) is 4.03. The monoisotopic (exact) mass is 335 g/mol. The first kappa shape index (κ1) is 18.6. The van der Waals surface area contributed by atoms with Crippen molar-refractivity contribution in [1.29, 1.82) is 0 Å². The van der Waals surface area contributed by atoms with Crippen molar-refractivity contribution >= 4 is 11.7 Å². The number of anilines is 1. The Morgan fingerprint density at radius 3 is 1.92 bits per heavy atom. The minimum Gasteiger partial charge on any atom is -0.472 e. The van der Waals surface area contributed by atoms with Gasteiger partial charge < -0.3 is 10.4 Å². The summed E-state index contributed by atoms with van der Waals surface area (Å²) in [5.41, 5.74) is 8.64. The highest BCUT2D eigenvalue weighted by atomic mass is 16.4. The lowest BCUT2D eigenvalue weighted by atomic mass is 9.86. The molecule has 0 spiro atoms. The lowest BCUT2D eigenvalue weighted by Gasteiger charge is -2.19. The summed E-state index contributed by atoms with van der Waals surface area (Å²) in [5, 5.41) is 12.2. The molecule has 0 bridgehead atoms. The topological polar surface area (TPSA) is 49.3 Å². The van der Waals surface area contributed by atoms with Crippen molar-refractivity contribution in [3.05, 3.63) is 52.1 Å². The molecule has 0 aliphatic heterocycles. The molecule has 0 saturated heterocycles. The molecule has 0 radical (unpaired) electrons. The Balaban J connectivity index is 2.57. The highest BCUT2D eigenvalue weighted by molar-refractivity contribution is 5.88. The fraction of sp³-hybridized carbons (Fsp3) is 0.318. The molecule has 2 aromatic rings. The van der Waals surface area contributed by atoms with Crippen LogP contribution in [-0.2, 0) is 4.79 Å². The fourth-order valence-corrected chi connectivity index (χ4v) is 3.12. The maximum atomic E-state index is 10.8. The number of nitrogens with one attached hydrogen (secondary N) is 1. The second kappa shape index (κ2) is 7.44. The van der Waals surface area contributed by atoms with E-state index in [2.05, 4.69) is 69.1 Å². The smallest absolute Gasteiger partial charge is 0.382 e. The van der Waals surface area contributed by atoms with Crippen molar-refractivity contribution in [3.8, 4) is 23.0 Å². The highest BCUT2D eigenvalue weighted by Crippen LogP contribution is 2.34. The first-order chi connectivity index (χ1) is 11.7. The molecule has 3 heteroatoms. The second-order valence-corrected chi connectivity index (χ2v) is 6.68. The van der Waals surface area contributed by atoms with Gasteiger partial charge in [-0.1, -0.05) is 18.1 Å². The van der Waals surface area contributed by atoms with Gasteiger partial charge in [-0.15, -0.1) is 0 Å². The van der Waals surface area contributed by atoms with Gasteiger partial charge in [-0.3, -0.25) is 0 Å². The van der Waals surface area contributed by atoms with Crippen molar-refractivity contribution < 1.29 is 9.90 Å². The predicted molar refractivity (Wildman–Crippen MR) is 104 cm³/mol.